The summed E-state index contributed by atoms with van der Waals surface area (Å²) < 4.78 is 33.1. The summed E-state index contributed by atoms with van der Waals surface area (Å²) in [6.45, 7) is 1.65. The Bertz CT molecular complexity index is 1090. The third kappa shape index (κ3) is 3.96. The van der Waals surface area contributed by atoms with Gasteiger partial charge in [0.05, 0.1) is 17.7 Å². The van der Waals surface area contributed by atoms with Crippen LogP contribution < -0.4 is 9.46 Å². The Morgan fingerprint density at radius 3 is 2.41 bits per heavy atom. The van der Waals surface area contributed by atoms with E-state index >= 15 is 0 Å². The molecule has 1 aromatic heterocycles. The van der Waals surface area contributed by atoms with Crippen LogP contribution in [0.5, 0.6) is 5.75 Å². The number of carboxylic acids is 1. The summed E-state index contributed by atoms with van der Waals surface area (Å²) in [4.78, 5) is 12.3. The molecule has 3 rings (SSSR count). The van der Waals surface area contributed by atoms with Crippen LogP contribution in [0.15, 0.2) is 59.5 Å². The van der Waals surface area contributed by atoms with E-state index in [0.717, 1.165) is 16.9 Å². The van der Waals surface area contributed by atoms with Gasteiger partial charge in [-0.05, 0) is 42.3 Å². The normalized spacial score (nSPS) is 11.2. The van der Waals surface area contributed by atoms with Crippen molar-refractivity contribution in [2.24, 2.45) is 0 Å². The lowest BCUT2D eigenvalue weighted by Crippen LogP contribution is -2.15. The summed E-state index contributed by atoms with van der Waals surface area (Å²) in [7, 11) is -2.46. The highest BCUT2D eigenvalue weighted by Gasteiger charge is 2.23. The number of sulfonamides is 1. The van der Waals surface area contributed by atoms with Crippen molar-refractivity contribution in [3.05, 3.63) is 65.0 Å². The quantitative estimate of drug-likeness (QED) is 0.642. The molecular weight excluding hydrogens is 386 g/mol. The number of ether oxygens (including phenoxy) is 1. The molecule has 3 aromatic rings. The van der Waals surface area contributed by atoms with Crippen LogP contribution in [0.25, 0.3) is 10.4 Å². The van der Waals surface area contributed by atoms with Crippen LogP contribution in [-0.2, 0) is 10.0 Å². The van der Waals surface area contributed by atoms with Gasteiger partial charge in [0.2, 0.25) is 0 Å². The van der Waals surface area contributed by atoms with Crippen molar-refractivity contribution < 1.29 is 23.1 Å². The molecule has 0 fully saturated rings. The van der Waals surface area contributed by atoms with Crippen LogP contribution in [0.1, 0.15) is 15.2 Å². The maximum Gasteiger partial charge on any atom is 0.348 e. The summed E-state index contributed by atoms with van der Waals surface area (Å²) in [6, 6.07) is 15.3. The predicted octanol–water partition coefficient (Wildman–Crippen LogP) is 4.23. The van der Waals surface area contributed by atoms with Crippen LogP contribution >= 0.6 is 11.3 Å². The number of nitrogens with one attached hydrogen (secondary N) is 1. The van der Waals surface area contributed by atoms with Gasteiger partial charge in [-0.1, -0.05) is 30.3 Å². The third-order valence-corrected chi connectivity index (χ3v) is 6.60. The fourth-order valence-electron chi connectivity index (χ4n) is 2.62. The molecule has 2 aromatic carbocycles. The molecule has 0 aliphatic carbocycles. The fraction of sp³-hybridized carbons (Fsp3) is 0.105. The second-order valence-electron chi connectivity index (χ2n) is 5.76. The monoisotopic (exact) mass is 403 g/mol. The first-order valence-electron chi connectivity index (χ1n) is 7.92. The minimum Gasteiger partial charge on any atom is -0.497 e. The topological polar surface area (TPSA) is 92.7 Å². The fourth-order valence-corrected chi connectivity index (χ4v) is 4.93. The average molecular weight is 403 g/mol. The zero-order valence-corrected chi connectivity index (χ0v) is 16.2. The molecule has 8 heteroatoms. The first-order valence-corrected chi connectivity index (χ1v) is 10.2. The highest BCUT2D eigenvalue weighted by atomic mass is 32.2. The molecule has 0 amide bonds. The van der Waals surface area contributed by atoms with Gasteiger partial charge in [0.25, 0.3) is 10.0 Å². The smallest absolute Gasteiger partial charge is 0.348 e. The summed E-state index contributed by atoms with van der Waals surface area (Å²) >= 11 is 1.02. The molecule has 0 aliphatic rings. The standard InChI is InChI=1S/C19H17NO5S2/c1-12-10-14(25-2)8-9-17(12)27(23,24)20-15-11-16(26-18(15)19(21)22)13-6-4-3-5-7-13/h3-11,20H,1-2H3,(H,21,22). The van der Waals surface area contributed by atoms with Crippen molar-refractivity contribution in [3.8, 4) is 16.2 Å². The number of aryl methyl sites for hydroxylation is 1. The van der Waals surface area contributed by atoms with Crippen molar-refractivity contribution in [2.45, 2.75) is 11.8 Å². The van der Waals surface area contributed by atoms with E-state index in [1.165, 1.54) is 13.2 Å². The van der Waals surface area contributed by atoms with E-state index in [9.17, 15) is 18.3 Å². The number of hydrogen-bond acceptors (Lipinski definition) is 5. The highest BCUT2D eigenvalue weighted by Crippen LogP contribution is 2.36. The Hall–Kier alpha value is -2.84. The molecular formula is C19H17NO5S2. The molecule has 0 bridgehead atoms. The average Bonchev–Trinajstić information content (AvgIpc) is 3.05. The van der Waals surface area contributed by atoms with Gasteiger partial charge in [-0.3, -0.25) is 4.72 Å². The highest BCUT2D eigenvalue weighted by molar-refractivity contribution is 7.92. The number of thiophene rings is 1. The van der Waals surface area contributed by atoms with E-state index in [1.54, 1.807) is 25.1 Å². The Balaban J connectivity index is 2.01. The number of anilines is 1. The zero-order valence-electron chi connectivity index (χ0n) is 14.6. The second-order valence-corrected chi connectivity index (χ2v) is 8.46. The molecule has 1 heterocycles. The summed E-state index contributed by atoms with van der Waals surface area (Å²) in [6.07, 6.45) is 0. The minimum atomic E-state index is -3.96. The van der Waals surface area contributed by atoms with Crippen molar-refractivity contribution in [3.63, 3.8) is 0 Å². The summed E-state index contributed by atoms with van der Waals surface area (Å²) in [5, 5.41) is 9.48. The maximum atomic E-state index is 12.8. The van der Waals surface area contributed by atoms with Crippen LogP contribution in [-0.4, -0.2) is 26.6 Å². The Morgan fingerprint density at radius 1 is 1.11 bits per heavy atom. The lowest BCUT2D eigenvalue weighted by Gasteiger charge is -2.11. The van der Waals surface area contributed by atoms with Gasteiger partial charge in [-0.15, -0.1) is 11.3 Å². The van der Waals surface area contributed by atoms with Gasteiger partial charge >= 0.3 is 5.97 Å². The lowest BCUT2D eigenvalue weighted by molar-refractivity contribution is 0.0703. The molecule has 0 saturated carbocycles. The number of methoxy groups -OCH3 is 1. The van der Waals surface area contributed by atoms with Gasteiger partial charge in [0.15, 0.2) is 0 Å². The Labute approximate surface area is 161 Å². The van der Waals surface area contributed by atoms with Crippen LogP contribution in [0.3, 0.4) is 0 Å². The van der Waals surface area contributed by atoms with Crippen molar-refractivity contribution in [1.82, 2.24) is 0 Å². The van der Waals surface area contributed by atoms with E-state index in [-0.39, 0.29) is 15.5 Å². The molecule has 0 spiro atoms. The number of benzene rings is 2. The molecule has 140 valence electrons. The zero-order chi connectivity index (χ0) is 19.6. The molecule has 2 N–H and O–H groups in total. The molecule has 0 aliphatic heterocycles. The number of carbonyl (C=O) groups is 1. The first kappa shape index (κ1) is 18.9. The second kappa shape index (κ2) is 7.42. The van der Waals surface area contributed by atoms with Gasteiger partial charge in [-0.25, -0.2) is 13.2 Å². The number of hydrogen-bond donors (Lipinski definition) is 2. The Kier molecular flexibility index (Phi) is 5.20. The predicted molar refractivity (Wildman–Crippen MR) is 105 cm³/mol. The molecule has 0 saturated heterocycles. The van der Waals surface area contributed by atoms with Crippen LogP contribution in [0.4, 0.5) is 5.69 Å². The van der Waals surface area contributed by atoms with Gasteiger partial charge in [-0.2, -0.15) is 0 Å². The van der Waals surface area contributed by atoms with E-state index < -0.39 is 16.0 Å². The number of aromatic carboxylic acids is 1. The maximum absolute atomic E-state index is 12.8. The van der Waals surface area contributed by atoms with Gasteiger partial charge < -0.3 is 9.84 Å². The minimum absolute atomic E-state index is 0.0431. The van der Waals surface area contributed by atoms with Crippen LogP contribution in [0, 0.1) is 6.92 Å². The lowest BCUT2D eigenvalue weighted by atomic mass is 10.2. The van der Waals surface area contributed by atoms with E-state index in [2.05, 4.69) is 4.72 Å². The SMILES string of the molecule is COc1ccc(S(=O)(=O)Nc2cc(-c3ccccc3)sc2C(=O)O)c(C)c1. The number of carboxylic acid groups (broad SMARTS) is 1. The van der Waals surface area contributed by atoms with E-state index in [4.69, 9.17) is 4.74 Å². The van der Waals surface area contributed by atoms with Gasteiger partial charge in [0.1, 0.15) is 10.6 Å². The van der Waals surface area contributed by atoms with Crippen molar-refractivity contribution in [2.75, 3.05) is 11.8 Å². The van der Waals surface area contributed by atoms with Gasteiger partial charge in [0, 0.05) is 4.88 Å². The Morgan fingerprint density at radius 2 is 1.81 bits per heavy atom. The largest absolute Gasteiger partial charge is 0.497 e. The van der Waals surface area contributed by atoms with Crippen molar-refractivity contribution >= 4 is 33.0 Å². The van der Waals surface area contributed by atoms with Crippen molar-refractivity contribution in [1.29, 1.82) is 0 Å². The number of rotatable bonds is 6. The van der Waals surface area contributed by atoms with E-state index in [0.29, 0.717) is 16.2 Å². The third-order valence-electron chi connectivity index (χ3n) is 3.90. The molecule has 0 unspecified atom stereocenters. The van der Waals surface area contributed by atoms with Crippen LogP contribution in [0.2, 0.25) is 0 Å². The summed E-state index contributed by atoms with van der Waals surface area (Å²) in [5.74, 6) is -0.647. The molecule has 0 radical (unpaired) electrons. The molecule has 6 nitrogen and oxygen atoms in total. The summed E-state index contributed by atoms with van der Waals surface area (Å²) in [5.41, 5.74) is 1.36. The molecule has 27 heavy (non-hydrogen) atoms. The first-order chi connectivity index (χ1) is 12.8. The molecule has 0 atom stereocenters. The van der Waals surface area contributed by atoms with E-state index in [1.807, 2.05) is 30.3 Å².